The van der Waals surface area contributed by atoms with E-state index in [2.05, 4.69) is 35.1 Å². The number of nitrogens with zero attached hydrogens (tertiary/aromatic N) is 4. The summed E-state index contributed by atoms with van der Waals surface area (Å²) >= 11 is 2.62. The molecule has 1 amide bonds. The van der Waals surface area contributed by atoms with Gasteiger partial charge in [-0.15, -0.1) is 28.1 Å². The fourth-order valence-corrected chi connectivity index (χ4v) is 6.15. The summed E-state index contributed by atoms with van der Waals surface area (Å²) in [6, 6.07) is 6.84. The zero-order valence-corrected chi connectivity index (χ0v) is 21.6. The molecule has 1 N–H and O–H groups in total. The summed E-state index contributed by atoms with van der Waals surface area (Å²) in [6.45, 7) is 6.12. The van der Waals surface area contributed by atoms with Crippen LogP contribution >= 0.6 is 23.1 Å². The molecular formula is C25H24F3N5O2S2. The number of rotatable bonds is 9. The molecule has 12 heteroatoms. The Kier molecular flexibility index (Phi) is 8.24. The van der Waals surface area contributed by atoms with Crippen LogP contribution in [-0.4, -0.2) is 26.4 Å². The summed E-state index contributed by atoms with van der Waals surface area (Å²) in [5, 5.41) is 21.7. The van der Waals surface area contributed by atoms with Gasteiger partial charge in [-0.2, -0.15) is 18.4 Å². The standard InChI is InChI=1S/C25H24F3N5O2S2/c1-3-9-33-21(13-35-17-6-4-5-16(11-17)25(26,27)28)31-32-24(33)36-14-22(34)30-23-19(12-29)18-8-7-15(2)10-20(18)37-23/h3-6,11,15H,1,7-10,13-14H2,2H3,(H,30,34). The third-order valence-electron chi connectivity index (χ3n) is 5.84. The Morgan fingerprint density at radius 1 is 1.43 bits per heavy atom. The van der Waals surface area contributed by atoms with Crippen LogP contribution in [0, 0.1) is 17.2 Å². The van der Waals surface area contributed by atoms with E-state index in [0.717, 1.165) is 53.6 Å². The van der Waals surface area contributed by atoms with Crippen LogP contribution < -0.4 is 10.1 Å². The Morgan fingerprint density at radius 2 is 2.24 bits per heavy atom. The number of thioether (sulfide) groups is 1. The highest BCUT2D eigenvalue weighted by Crippen LogP contribution is 2.39. The predicted molar refractivity (Wildman–Crippen MR) is 136 cm³/mol. The summed E-state index contributed by atoms with van der Waals surface area (Å²) in [5.74, 6) is 0.751. The lowest BCUT2D eigenvalue weighted by atomic mass is 9.89. The van der Waals surface area contributed by atoms with Crippen LogP contribution in [0.5, 0.6) is 5.75 Å². The van der Waals surface area contributed by atoms with Crippen LogP contribution in [0.4, 0.5) is 18.2 Å². The van der Waals surface area contributed by atoms with Gasteiger partial charge in [-0.05, 0) is 48.9 Å². The van der Waals surface area contributed by atoms with E-state index in [1.165, 1.54) is 23.5 Å². The second-order valence-corrected chi connectivity index (χ2v) is 10.7. The molecule has 0 aliphatic heterocycles. The molecule has 7 nitrogen and oxygen atoms in total. The average molecular weight is 548 g/mol. The number of halogens is 3. The number of fused-ring (bicyclic) bond motifs is 1. The molecule has 0 spiro atoms. The number of benzene rings is 1. The maximum atomic E-state index is 13.0. The van der Waals surface area contributed by atoms with E-state index < -0.39 is 11.7 Å². The highest BCUT2D eigenvalue weighted by atomic mass is 32.2. The number of nitrogens with one attached hydrogen (secondary N) is 1. The molecule has 2 aromatic heterocycles. The Labute approximate surface area is 220 Å². The molecule has 4 rings (SSSR count). The molecule has 1 unspecified atom stereocenters. The van der Waals surface area contributed by atoms with Crippen molar-refractivity contribution in [3.05, 3.63) is 64.3 Å². The largest absolute Gasteiger partial charge is 0.486 e. The van der Waals surface area contributed by atoms with Gasteiger partial charge in [0.05, 0.1) is 16.9 Å². The van der Waals surface area contributed by atoms with E-state index in [1.54, 1.807) is 10.6 Å². The lowest BCUT2D eigenvalue weighted by Gasteiger charge is -2.17. The van der Waals surface area contributed by atoms with Gasteiger partial charge in [-0.3, -0.25) is 9.36 Å². The van der Waals surface area contributed by atoms with E-state index in [1.807, 2.05) is 0 Å². The number of allylic oxidation sites excluding steroid dienone is 1. The first-order chi connectivity index (χ1) is 17.7. The Balaban J connectivity index is 1.40. The van der Waals surface area contributed by atoms with Crippen molar-refractivity contribution in [2.75, 3.05) is 11.1 Å². The van der Waals surface area contributed by atoms with Gasteiger partial charge in [0.2, 0.25) is 5.91 Å². The van der Waals surface area contributed by atoms with Crippen molar-refractivity contribution in [2.45, 2.75) is 50.7 Å². The number of ether oxygens (including phenoxy) is 1. The Morgan fingerprint density at radius 3 is 2.97 bits per heavy atom. The van der Waals surface area contributed by atoms with Gasteiger partial charge >= 0.3 is 6.18 Å². The maximum Gasteiger partial charge on any atom is 0.416 e. The molecule has 1 atom stereocenters. The topological polar surface area (TPSA) is 92.8 Å². The summed E-state index contributed by atoms with van der Waals surface area (Å²) in [7, 11) is 0. The van der Waals surface area contributed by atoms with Gasteiger partial charge in [0.25, 0.3) is 0 Å². The number of carbonyl (C=O) groups is 1. The quantitative estimate of drug-likeness (QED) is 0.267. The van der Waals surface area contributed by atoms with Crippen LogP contribution in [0.3, 0.4) is 0 Å². The Bertz CT molecular complexity index is 1340. The van der Waals surface area contributed by atoms with Gasteiger partial charge in [0.1, 0.15) is 23.4 Å². The summed E-state index contributed by atoms with van der Waals surface area (Å²) in [5.41, 5.74) is 0.791. The minimum Gasteiger partial charge on any atom is -0.486 e. The molecule has 194 valence electrons. The first-order valence-corrected chi connectivity index (χ1v) is 13.3. The van der Waals surface area contributed by atoms with Gasteiger partial charge in [-0.25, -0.2) is 0 Å². The molecule has 2 heterocycles. The molecule has 37 heavy (non-hydrogen) atoms. The average Bonchev–Trinajstić information content (AvgIpc) is 3.40. The summed E-state index contributed by atoms with van der Waals surface area (Å²) in [6.07, 6.45) is -0.0641. The number of hydrogen-bond donors (Lipinski definition) is 1. The van der Waals surface area contributed by atoms with Crippen molar-refractivity contribution >= 4 is 34.0 Å². The molecule has 0 radical (unpaired) electrons. The van der Waals surface area contributed by atoms with Crippen molar-refractivity contribution in [2.24, 2.45) is 5.92 Å². The van der Waals surface area contributed by atoms with Crippen LogP contribution in [0.2, 0.25) is 0 Å². The van der Waals surface area contributed by atoms with Crippen LogP contribution in [0.15, 0.2) is 42.1 Å². The molecule has 1 aliphatic carbocycles. The van der Waals surface area contributed by atoms with Gasteiger partial charge in [-0.1, -0.05) is 30.8 Å². The smallest absolute Gasteiger partial charge is 0.416 e. The summed E-state index contributed by atoms with van der Waals surface area (Å²) in [4.78, 5) is 13.9. The first kappa shape index (κ1) is 26.8. The van der Waals surface area contributed by atoms with Crippen molar-refractivity contribution in [3.8, 4) is 11.8 Å². The van der Waals surface area contributed by atoms with E-state index in [4.69, 9.17) is 4.74 Å². The van der Waals surface area contributed by atoms with Gasteiger partial charge in [0.15, 0.2) is 11.0 Å². The molecular weight excluding hydrogens is 523 g/mol. The number of aromatic nitrogens is 3. The molecule has 0 fully saturated rings. The number of carbonyl (C=O) groups excluding carboxylic acids is 1. The third-order valence-corrected chi connectivity index (χ3v) is 7.98. The molecule has 1 aliphatic rings. The van der Waals surface area contributed by atoms with Crippen LogP contribution in [0.25, 0.3) is 0 Å². The third kappa shape index (κ3) is 6.34. The van der Waals surface area contributed by atoms with E-state index >= 15 is 0 Å². The highest BCUT2D eigenvalue weighted by molar-refractivity contribution is 7.99. The minimum atomic E-state index is -4.47. The number of alkyl halides is 3. The van der Waals surface area contributed by atoms with Crippen molar-refractivity contribution < 1.29 is 22.7 Å². The van der Waals surface area contributed by atoms with Crippen LogP contribution in [0.1, 0.15) is 40.7 Å². The molecule has 1 aromatic carbocycles. The van der Waals surface area contributed by atoms with Crippen LogP contribution in [-0.2, 0) is 37.0 Å². The normalized spacial score (nSPS) is 15.1. The van der Waals surface area contributed by atoms with E-state index in [9.17, 15) is 23.2 Å². The lowest BCUT2D eigenvalue weighted by Crippen LogP contribution is -2.15. The fourth-order valence-electron chi connectivity index (χ4n) is 4.01. The summed E-state index contributed by atoms with van der Waals surface area (Å²) < 4.78 is 46.1. The SMILES string of the molecule is C=CCn1c(COc2cccc(C(F)(F)F)c2)nnc1SCC(=O)Nc1sc2c(c1C#N)CCC(C)C2. The number of thiophene rings is 1. The zero-order valence-electron chi connectivity index (χ0n) is 20.0. The van der Waals surface area contributed by atoms with Crippen molar-refractivity contribution in [1.29, 1.82) is 5.26 Å². The Hall–Kier alpha value is -3.30. The molecule has 3 aromatic rings. The molecule has 0 saturated heterocycles. The van der Waals surface area contributed by atoms with E-state index in [0.29, 0.717) is 34.0 Å². The predicted octanol–water partition coefficient (Wildman–Crippen LogP) is 5.85. The first-order valence-electron chi connectivity index (χ1n) is 11.5. The second kappa shape index (κ2) is 11.4. The van der Waals surface area contributed by atoms with Gasteiger partial charge in [0, 0.05) is 11.4 Å². The number of amides is 1. The monoisotopic (exact) mass is 547 g/mol. The minimum absolute atomic E-state index is 0.0353. The second-order valence-electron chi connectivity index (χ2n) is 8.62. The van der Waals surface area contributed by atoms with Crippen molar-refractivity contribution in [1.82, 2.24) is 14.8 Å². The lowest BCUT2D eigenvalue weighted by molar-refractivity contribution is -0.137. The molecule has 0 bridgehead atoms. The zero-order chi connectivity index (χ0) is 26.6. The number of nitriles is 1. The highest BCUT2D eigenvalue weighted by Gasteiger charge is 2.30. The molecule has 0 saturated carbocycles. The van der Waals surface area contributed by atoms with Crippen molar-refractivity contribution in [3.63, 3.8) is 0 Å². The number of anilines is 1. The van der Waals surface area contributed by atoms with Gasteiger partial charge < -0.3 is 10.1 Å². The maximum absolute atomic E-state index is 13.0. The fraction of sp³-hybridized carbons (Fsp3) is 0.360. The van der Waals surface area contributed by atoms with E-state index in [-0.39, 0.29) is 24.0 Å². The number of hydrogen-bond acceptors (Lipinski definition) is 7.